The molecule has 0 spiro atoms. The fourth-order valence-electron chi connectivity index (χ4n) is 2.33. The fraction of sp³-hybridized carbons (Fsp3) is 0.158. The Kier molecular flexibility index (Phi) is 6.74. The summed E-state index contributed by atoms with van der Waals surface area (Å²) in [7, 11) is 2.97. The van der Waals surface area contributed by atoms with Gasteiger partial charge in [0.2, 0.25) is 0 Å². The van der Waals surface area contributed by atoms with Gasteiger partial charge in [0, 0.05) is 16.6 Å². The third kappa shape index (κ3) is 4.66. The topological polar surface area (TPSA) is 114 Å². The van der Waals surface area contributed by atoms with Crippen LogP contribution in [0, 0.1) is 28.4 Å². The lowest BCUT2D eigenvalue weighted by Gasteiger charge is -2.11. The number of benzene rings is 2. The number of nitrogens with one attached hydrogen (secondary N) is 1. The molecule has 0 atom stereocenters. The number of hydrogen-bond acceptors (Lipinski definition) is 6. The van der Waals surface area contributed by atoms with Crippen LogP contribution in [0.4, 0.5) is 11.4 Å². The molecule has 0 radical (unpaired) electrons. The molecule has 0 saturated carbocycles. The zero-order valence-corrected chi connectivity index (χ0v) is 16.9. The minimum atomic E-state index is -0.687. The number of nitriles is 1. The number of amides is 1. The molecule has 8 nitrogen and oxygen atoms in total. The molecule has 0 unspecified atom stereocenters. The van der Waals surface area contributed by atoms with E-state index in [2.05, 4.69) is 21.2 Å². The summed E-state index contributed by atoms with van der Waals surface area (Å²) in [5, 5.41) is 22.9. The second kappa shape index (κ2) is 9.01. The van der Waals surface area contributed by atoms with Crippen LogP contribution in [0.3, 0.4) is 0 Å². The number of ether oxygens (including phenoxy) is 2. The number of methoxy groups -OCH3 is 2. The summed E-state index contributed by atoms with van der Waals surface area (Å²) in [6.45, 7) is 1.69. The van der Waals surface area contributed by atoms with Crippen molar-refractivity contribution in [1.29, 1.82) is 5.26 Å². The van der Waals surface area contributed by atoms with E-state index in [0.29, 0.717) is 27.1 Å². The number of nitro benzene ring substituents is 1. The lowest BCUT2D eigenvalue weighted by molar-refractivity contribution is -0.384. The summed E-state index contributed by atoms with van der Waals surface area (Å²) in [4.78, 5) is 22.9. The molecule has 0 saturated heterocycles. The van der Waals surface area contributed by atoms with E-state index in [4.69, 9.17) is 9.47 Å². The second-order valence-corrected chi connectivity index (χ2v) is 6.46. The molecule has 0 aliphatic rings. The van der Waals surface area contributed by atoms with Crippen molar-refractivity contribution >= 4 is 39.3 Å². The maximum absolute atomic E-state index is 12.5. The van der Waals surface area contributed by atoms with Gasteiger partial charge in [-0.25, -0.2) is 0 Å². The molecule has 2 rings (SSSR count). The van der Waals surface area contributed by atoms with E-state index < -0.39 is 10.8 Å². The summed E-state index contributed by atoms with van der Waals surface area (Å²) < 4.78 is 11.0. The third-order valence-corrected chi connectivity index (χ3v) is 4.53. The van der Waals surface area contributed by atoms with Gasteiger partial charge >= 0.3 is 0 Å². The van der Waals surface area contributed by atoms with Crippen molar-refractivity contribution in [3.05, 3.63) is 61.6 Å². The van der Waals surface area contributed by atoms with Crippen LogP contribution in [0.25, 0.3) is 6.08 Å². The highest BCUT2D eigenvalue weighted by molar-refractivity contribution is 9.10. The summed E-state index contributed by atoms with van der Waals surface area (Å²) in [6.07, 6.45) is 1.38. The number of aryl methyl sites for hydroxylation is 1. The van der Waals surface area contributed by atoms with Crippen LogP contribution in [0.2, 0.25) is 0 Å². The summed E-state index contributed by atoms with van der Waals surface area (Å²) in [5.74, 6) is 0.235. The summed E-state index contributed by atoms with van der Waals surface area (Å²) in [6, 6.07) is 9.22. The van der Waals surface area contributed by atoms with Gasteiger partial charge in [0.15, 0.2) is 11.5 Å². The van der Waals surface area contributed by atoms with Crippen molar-refractivity contribution in [1.82, 2.24) is 0 Å². The molecule has 0 aliphatic carbocycles. The number of nitro groups is 1. The molecule has 1 N–H and O–H groups in total. The predicted molar refractivity (Wildman–Crippen MR) is 107 cm³/mol. The van der Waals surface area contributed by atoms with Gasteiger partial charge in [0.1, 0.15) is 11.6 Å². The summed E-state index contributed by atoms with van der Waals surface area (Å²) >= 11 is 3.37. The number of carbonyl (C=O) groups excluding carboxylic acids is 1. The standard InChI is InChI=1S/C19H16BrN3O5/c1-11-4-5-14(23(25)26)8-16(11)22-19(24)13(10-21)6-12-7-17(27-2)18(28-3)9-15(12)20/h4-9H,1-3H3,(H,22,24)/b13-6+. The number of nitrogens with zero attached hydrogens (tertiary/aromatic N) is 2. The molecule has 28 heavy (non-hydrogen) atoms. The Morgan fingerprint density at radius 3 is 2.46 bits per heavy atom. The number of hydrogen-bond donors (Lipinski definition) is 1. The van der Waals surface area contributed by atoms with Gasteiger partial charge in [0.25, 0.3) is 11.6 Å². The Morgan fingerprint density at radius 2 is 1.89 bits per heavy atom. The second-order valence-electron chi connectivity index (χ2n) is 5.61. The Hall–Kier alpha value is -3.38. The molecule has 0 aromatic heterocycles. The maximum Gasteiger partial charge on any atom is 0.271 e. The van der Waals surface area contributed by atoms with E-state index in [1.54, 1.807) is 19.1 Å². The average Bonchev–Trinajstić information content (AvgIpc) is 2.67. The zero-order valence-electron chi connectivity index (χ0n) is 15.3. The van der Waals surface area contributed by atoms with E-state index in [1.807, 2.05) is 6.07 Å². The van der Waals surface area contributed by atoms with Crippen molar-refractivity contribution in [2.24, 2.45) is 0 Å². The van der Waals surface area contributed by atoms with E-state index in [-0.39, 0.29) is 16.9 Å². The van der Waals surface area contributed by atoms with E-state index in [0.717, 1.165) is 0 Å². The number of halogens is 1. The van der Waals surface area contributed by atoms with Crippen molar-refractivity contribution in [3.63, 3.8) is 0 Å². The number of anilines is 1. The quantitative estimate of drug-likeness (QED) is 0.308. The number of non-ortho nitro benzene ring substituents is 1. The van der Waals surface area contributed by atoms with Gasteiger partial charge in [-0.2, -0.15) is 5.26 Å². The molecule has 9 heteroatoms. The first-order chi connectivity index (χ1) is 13.3. The van der Waals surface area contributed by atoms with E-state index in [9.17, 15) is 20.2 Å². The van der Waals surface area contributed by atoms with Crippen LogP contribution in [0.15, 0.2) is 40.4 Å². The van der Waals surface area contributed by atoms with Crippen LogP contribution in [0.1, 0.15) is 11.1 Å². The van der Waals surface area contributed by atoms with E-state index in [1.165, 1.54) is 38.5 Å². The summed E-state index contributed by atoms with van der Waals surface area (Å²) in [5.41, 5.74) is 1.07. The van der Waals surface area contributed by atoms with Gasteiger partial charge in [-0.1, -0.05) is 22.0 Å². The van der Waals surface area contributed by atoms with Crippen LogP contribution >= 0.6 is 15.9 Å². The lowest BCUT2D eigenvalue weighted by atomic mass is 10.1. The van der Waals surface area contributed by atoms with Crippen LogP contribution in [-0.4, -0.2) is 25.1 Å². The monoisotopic (exact) mass is 445 g/mol. The normalized spacial score (nSPS) is 10.8. The highest BCUT2D eigenvalue weighted by Gasteiger charge is 2.16. The molecule has 2 aromatic rings. The van der Waals surface area contributed by atoms with Crippen molar-refractivity contribution in [2.75, 3.05) is 19.5 Å². The maximum atomic E-state index is 12.5. The molecule has 0 bridgehead atoms. The fourth-order valence-corrected chi connectivity index (χ4v) is 2.77. The lowest BCUT2D eigenvalue weighted by Crippen LogP contribution is -2.14. The van der Waals surface area contributed by atoms with E-state index >= 15 is 0 Å². The number of carbonyl (C=O) groups is 1. The molecule has 0 fully saturated rings. The first-order valence-corrected chi connectivity index (χ1v) is 8.69. The van der Waals surface area contributed by atoms with Crippen molar-refractivity contribution in [3.8, 4) is 17.6 Å². The predicted octanol–water partition coefficient (Wildman–Crippen LogP) is 4.23. The van der Waals surface area contributed by atoms with Crippen LogP contribution in [-0.2, 0) is 4.79 Å². The minimum Gasteiger partial charge on any atom is -0.493 e. The smallest absolute Gasteiger partial charge is 0.271 e. The van der Waals surface area contributed by atoms with Gasteiger partial charge < -0.3 is 14.8 Å². The first-order valence-electron chi connectivity index (χ1n) is 7.90. The van der Waals surface area contributed by atoms with Crippen LogP contribution in [0.5, 0.6) is 11.5 Å². The molecule has 0 heterocycles. The van der Waals surface area contributed by atoms with Gasteiger partial charge in [0.05, 0.1) is 24.8 Å². The van der Waals surface area contributed by atoms with Crippen molar-refractivity contribution < 1.29 is 19.2 Å². The molecule has 1 amide bonds. The Bertz CT molecular complexity index is 1010. The SMILES string of the molecule is COc1cc(Br)c(/C=C(\C#N)C(=O)Nc2cc([N+](=O)[O-])ccc2C)cc1OC. The van der Waals surface area contributed by atoms with Crippen molar-refractivity contribution in [2.45, 2.75) is 6.92 Å². The van der Waals surface area contributed by atoms with Gasteiger partial charge in [-0.15, -0.1) is 0 Å². The molecule has 0 aliphatic heterocycles. The average molecular weight is 446 g/mol. The largest absolute Gasteiger partial charge is 0.493 e. The highest BCUT2D eigenvalue weighted by atomic mass is 79.9. The molecular weight excluding hydrogens is 430 g/mol. The number of rotatable bonds is 6. The minimum absolute atomic E-state index is 0.161. The molecule has 144 valence electrons. The van der Waals surface area contributed by atoms with Gasteiger partial charge in [-0.05, 0) is 36.3 Å². The Labute approximate surface area is 169 Å². The third-order valence-electron chi connectivity index (χ3n) is 3.85. The highest BCUT2D eigenvalue weighted by Crippen LogP contribution is 2.34. The Morgan fingerprint density at radius 1 is 1.25 bits per heavy atom. The van der Waals surface area contributed by atoms with Crippen LogP contribution < -0.4 is 14.8 Å². The molecular formula is C19H16BrN3O5. The Balaban J connectivity index is 2.38. The molecule has 2 aromatic carbocycles. The first kappa shape index (κ1) is 20.9. The van der Waals surface area contributed by atoms with Gasteiger partial charge in [-0.3, -0.25) is 14.9 Å². The zero-order chi connectivity index (χ0) is 20.8.